The second-order valence-corrected chi connectivity index (χ2v) is 6.66. The van der Waals surface area contributed by atoms with E-state index in [4.69, 9.17) is 0 Å². The van der Waals surface area contributed by atoms with E-state index < -0.39 is 11.7 Å². The third-order valence-electron chi connectivity index (χ3n) is 3.91. The maximum Gasteiger partial charge on any atom is 0.226 e. The van der Waals surface area contributed by atoms with Crippen LogP contribution < -0.4 is 5.32 Å². The van der Waals surface area contributed by atoms with Gasteiger partial charge >= 0.3 is 0 Å². The van der Waals surface area contributed by atoms with Crippen molar-refractivity contribution in [2.75, 3.05) is 5.32 Å². The molecule has 2 aromatic rings. The number of nitrogens with zero attached hydrogens (tertiary/aromatic N) is 3. The van der Waals surface area contributed by atoms with Gasteiger partial charge in [0.05, 0.1) is 11.4 Å². The minimum Gasteiger partial charge on any atom is -0.311 e. The molecule has 3 rings (SSSR count). The predicted molar refractivity (Wildman–Crippen MR) is 81.2 cm³/mol. The molecular formula is C16H19FN4O. The van der Waals surface area contributed by atoms with E-state index in [0.717, 1.165) is 11.3 Å². The smallest absolute Gasteiger partial charge is 0.226 e. The summed E-state index contributed by atoms with van der Waals surface area (Å²) < 4.78 is 15.9. The Morgan fingerprint density at radius 3 is 2.77 bits per heavy atom. The maximum atomic E-state index is 14.2. The van der Waals surface area contributed by atoms with Crippen LogP contribution in [0.3, 0.4) is 0 Å². The SMILES string of the molecule is Cn1nc(C(C)(C)C)c2c1NC(=O)CC2c1ncccc1F. The Kier molecular flexibility index (Phi) is 3.27. The Morgan fingerprint density at radius 1 is 1.41 bits per heavy atom. The molecule has 5 nitrogen and oxygen atoms in total. The lowest BCUT2D eigenvalue weighted by molar-refractivity contribution is -0.116. The predicted octanol–water partition coefficient (Wildman–Crippen LogP) is 2.73. The topological polar surface area (TPSA) is 59.8 Å². The van der Waals surface area contributed by atoms with Gasteiger partial charge in [0, 0.05) is 36.6 Å². The quantitative estimate of drug-likeness (QED) is 0.881. The minimum absolute atomic E-state index is 0.147. The van der Waals surface area contributed by atoms with Crippen LogP contribution in [0.5, 0.6) is 0 Å². The fraction of sp³-hybridized carbons (Fsp3) is 0.438. The molecule has 0 saturated carbocycles. The number of anilines is 1. The van der Waals surface area contributed by atoms with Gasteiger partial charge in [0.1, 0.15) is 11.6 Å². The highest BCUT2D eigenvalue weighted by Gasteiger charge is 2.37. The van der Waals surface area contributed by atoms with Crippen molar-refractivity contribution >= 4 is 11.7 Å². The van der Waals surface area contributed by atoms with E-state index in [1.165, 1.54) is 6.07 Å². The number of halogens is 1. The number of amides is 1. The Morgan fingerprint density at radius 2 is 2.14 bits per heavy atom. The summed E-state index contributed by atoms with van der Waals surface area (Å²) in [6, 6.07) is 2.93. The molecule has 0 fully saturated rings. The first kappa shape index (κ1) is 14.7. The normalized spacial score (nSPS) is 18.0. The highest BCUT2D eigenvalue weighted by atomic mass is 19.1. The summed E-state index contributed by atoms with van der Waals surface area (Å²) in [5, 5.41) is 7.41. The molecule has 0 spiro atoms. The van der Waals surface area contributed by atoms with Gasteiger partial charge in [-0.2, -0.15) is 5.10 Å². The van der Waals surface area contributed by atoms with Crippen LogP contribution in [0.15, 0.2) is 18.3 Å². The van der Waals surface area contributed by atoms with E-state index >= 15 is 0 Å². The van der Waals surface area contributed by atoms with Crippen LogP contribution in [0.1, 0.15) is 50.1 Å². The molecule has 0 bridgehead atoms. The van der Waals surface area contributed by atoms with Gasteiger partial charge in [-0.15, -0.1) is 0 Å². The molecule has 1 aliphatic heterocycles. The molecule has 1 unspecified atom stereocenters. The third-order valence-corrected chi connectivity index (χ3v) is 3.91. The molecule has 22 heavy (non-hydrogen) atoms. The number of aryl methyl sites for hydroxylation is 1. The van der Waals surface area contributed by atoms with E-state index in [-0.39, 0.29) is 17.7 Å². The Labute approximate surface area is 128 Å². The molecule has 0 saturated heterocycles. The molecule has 1 amide bonds. The second-order valence-electron chi connectivity index (χ2n) is 6.66. The molecule has 1 aliphatic rings. The molecule has 0 radical (unpaired) electrons. The zero-order valence-corrected chi connectivity index (χ0v) is 13.1. The van der Waals surface area contributed by atoms with Crippen LogP contribution in [0.25, 0.3) is 0 Å². The number of rotatable bonds is 1. The first-order valence-corrected chi connectivity index (χ1v) is 7.26. The van der Waals surface area contributed by atoms with E-state index in [0.29, 0.717) is 11.5 Å². The van der Waals surface area contributed by atoms with Crippen molar-refractivity contribution < 1.29 is 9.18 Å². The number of carbonyl (C=O) groups excluding carboxylic acids is 1. The maximum absolute atomic E-state index is 14.2. The van der Waals surface area contributed by atoms with Crippen LogP contribution in [0.4, 0.5) is 10.2 Å². The van der Waals surface area contributed by atoms with Crippen molar-refractivity contribution in [3.63, 3.8) is 0 Å². The zero-order valence-electron chi connectivity index (χ0n) is 13.1. The average molecular weight is 302 g/mol. The third kappa shape index (κ3) is 2.28. The minimum atomic E-state index is -0.409. The van der Waals surface area contributed by atoms with Crippen molar-refractivity contribution in [2.45, 2.75) is 38.5 Å². The largest absolute Gasteiger partial charge is 0.311 e. The van der Waals surface area contributed by atoms with Gasteiger partial charge in [-0.3, -0.25) is 14.5 Å². The molecule has 0 aromatic carbocycles. The highest BCUT2D eigenvalue weighted by molar-refractivity contribution is 5.94. The first-order valence-electron chi connectivity index (χ1n) is 7.26. The standard InChI is InChI=1S/C16H19FN4O/c1-16(2,3)14-12-9(13-10(17)6-5-7-18-13)8-11(22)19-15(12)21(4)20-14/h5-7,9H,8H2,1-4H3,(H,19,22). The van der Waals surface area contributed by atoms with Gasteiger partial charge in [-0.1, -0.05) is 20.8 Å². The lowest BCUT2D eigenvalue weighted by Crippen LogP contribution is -2.27. The van der Waals surface area contributed by atoms with Crippen LogP contribution >= 0.6 is 0 Å². The zero-order chi connectivity index (χ0) is 16.1. The number of fused-ring (bicyclic) bond motifs is 1. The fourth-order valence-corrected chi connectivity index (χ4v) is 2.93. The molecule has 1 atom stereocenters. The molecule has 3 heterocycles. The van der Waals surface area contributed by atoms with Crippen molar-refractivity contribution in [1.29, 1.82) is 0 Å². The van der Waals surface area contributed by atoms with Crippen molar-refractivity contribution in [1.82, 2.24) is 14.8 Å². The Balaban J connectivity index is 2.25. The monoisotopic (exact) mass is 302 g/mol. The fourth-order valence-electron chi connectivity index (χ4n) is 2.93. The highest BCUT2D eigenvalue weighted by Crippen LogP contribution is 2.42. The van der Waals surface area contributed by atoms with Crippen LogP contribution in [-0.2, 0) is 17.3 Å². The summed E-state index contributed by atoms with van der Waals surface area (Å²) in [4.78, 5) is 16.2. The molecule has 6 heteroatoms. The van der Waals surface area contributed by atoms with E-state index in [9.17, 15) is 9.18 Å². The van der Waals surface area contributed by atoms with Crippen molar-refractivity contribution in [3.8, 4) is 0 Å². The summed E-state index contributed by atoms with van der Waals surface area (Å²) in [5.74, 6) is -0.313. The summed E-state index contributed by atoms with van der Waals surface area (Å²) in [6.07, 6.45) is 1.73. The lowest BCUT2D eigenvalue weighted by atomic mass is 9.81. The van der Waals surface area contributed by atoms with Gasteiger partial charge in [0.15, 0.2) is 0 Å². The summed E-state index contributed by atoms with van der Waals surface area (Å²) in [7, 11) is 1.78. The van der Waals surface area contributed by atoms with Crippen molar-refractivity contribution in [2.24, 2.45) is 7.05 Å². The first-order chi connectivity index (χ1) is 10.3. The number of aromatic nitrogens is 3. The Hall–Kier alpha value is -2.24. The van der Waals surface area contributed by atoms with E-state index in [1.807, 2.05) is 0 Å². The van der Waals surface area contributed by atoms with Gasteiger partial charge in [0.2, 0.25) is 5.91 Å². The summed E-state index contributed by atoms with van der Waals surface area (Å²) in [6.45, 7) is 6.16. The van der Waals surface area contributed by atoms with Crippen LogP contribution in [-0.4, -0.2) is 20.7 Å². The number of pyridine rings is 1. The molecular weight excluding hydrogens is 283 g/mol. The Bertz CT molecular complexity index is 745. The number of hydrogen-bond donors (Lipinski definition) is 1. The molecule has 2 aromatic heterocycles. The van der Waals surface area contributed by atoms with Crippen LogP contribution in [0, 0.1) is 5.82 Å². The van der Waals surface area contributed by atoms with E-state index in [2.05, 4.69) is 36.2 Å². The molecule has 1 N–H and O–H groups in total. The van der Waals surface area contributed by atoms with Gasteiger partial charge in [-0.05, 0) is 12.1 Å². The molecule has 116 valence electrons. The lowest BCUT2D eigenvalue weighted by Gasteiger charge is -2.26. The van der Waals surface area contributed by atoms with Crippen LogP contribution in [0.2, 0.25) is 0 Å². The van der Waals surface area contributed by atoms with Gasteiger partial charge < -0.3 is 5.32 Å². The average Bonchev–Trinajstić information content (AvgIpc) is 2.76. The number of nitrogens with one attached hydrogen (secondary N) is 1. The summed E-state index contributed by atoms with van der Waals surface area (Å²) >= 11 is 0. The number of hydrogen-bond acceptors (Lipinski definition) is 3. The number of carbonyl (C=O) groups is 1. The van der Waals surface area contributed by atoms with Gasteiger partial charge in [0.25, 0.3) is 0 Å². The van der Waals surface area contributed by atoms with Crippen molar-refractivity contribution in [3.05, 3.63) is 41.1 Å². The second kappa shape index (κ2) is 4.90. The molecule has 0 aliphatic carbocycles. The van der Waals surface area contributed by atoms with Gasteiger partial charge in [-0.25, -0.2) is 4.39 Å². The van der Waals surface area contributed by atoms with E-state index in [1.54, 1.807) is 24.0 Å². The summed E-state index contributed by atoms with van der Waals surface area (Å²) in [5.41, 5.74) is 1.82.